The molecule has 17 heavy (non-hydrogen) atoms. The molecule has 6 heteroatoms. The zero-order valence-corrected chi connectivity index (χ0v) is 9.67. The summed E-state index contributed by atoms with van der Waals surface area (Å²) >= 11 is 5.73. The molecule has 2 heterocycles. The Hall–Kier alpha value is -1.72. The number of anilines is 1. The van der Waals surface area contributed by atoms with Crippen LogP contribution in [-0.4, -0.2) is 26.7 Å². The summed E-state index contributed by atoms with van der Waals surface area (Å²) in [5, 5.41) is 12.7. The van der Waals surface area contributed by atoms with Crippen molar-refractivity contribution in [2.75, 3.05) is 11.9 Å². The summed E-state index contributed by atoms with van der Waals surface area (Å²) in [4.78, 5) is 12.0. The van der Waals surface area contributed by atoms with Gasteiger partial charge in [0.05, 0.1) is 25.0 Å². The Balaban J connectivity index is 2.16. The number of halogens is 1. The van der Waals surface area contributed by atoms with Crippen molar-refractivity contribution in [1.29, 1.82) is 0 Å². The smallest absolute Gasteiger partial charge is 0.149 e. The number of hydrogen-bond donors (Lipinski definition) is 2. The number of pyridine rings is 1. The molecule has 2 rings (SSSR count). The molecule has 0 saturated heterocycles. The first-order chi connectivity index (χ1) is 8.29. The molecule has 2 N–H and O–H groups in total. The molecule has 0 fully saturated rings. The highest BCUT2D eigenvalue weighted by Gasteiger charge is 2.10. The van der Waals surface area contributed by atoms with Gasteiger partial charge >= 0.3 is 0 Å². The van der Waals surface area contributed by atoms with E-state index in [4.69, 9.17) is 11.6 Å². The van der Waals surface area contributed by atoms with Crippen LogP contribution in [0, 0.1) is 0 Å². The van der Waals surface area contributed by atoms with Gasteiger partial charge < -0.3 is 10.4 Å². The van der Waals surface area contributed by atoms with Gasteiger partial charge in [0.2, 0.25) is 0 Å². The van der Waals surface area contributed by atoms with Crippen molar-refractivity contribution in [3.63, 3.8) is 0 Å². The molecular formula is C11H11ClN4O. The second-order valence-corrected chi connectivity index (χ2v) is 3.78. The highest BCUT2D eigenvalue weighted by molar-refractivity contribution is 6.29. The van der Waals surface area contributed by atoms with E-state index < -0.39 is 0 Å². The highest BCUT2D eigenvalue weighted by Crippen LogP contribution is 2.17. The average Bonchev–Trinajstić information content (AvgIpc) is 2.37. The molecule has 0 aliphatic heterocycles. The minimum atomic E-state index is -0.281. The van der Waals surface area contributed by atoms with Crippen molar-refractivity contribution < 1.29 is 5.11 Å². The van der Waals surface area contributed by atoms with Crippen LogP contribution < -0.4 is 5.32 Å². The summed E-state index contributed by atoms with van der Waals surface area (Å²) in [5.41, 5.74) is 0.872. The van der Waals surface area contributed by atoms with Gasteiger partial charge in [-0.25, -0.2) is 4.98 Å². The Bertz CT molecular complexity index is 480. The molecule has 5 nitrogen and oxygen atoms in total. The Labute approximate surface area is 104 Å². The minimum Gasteiger partial charge on any atom is -0.394 e. The van der Waals surface area contributed by atoms with Crippen molar-refractivity contribution in [2.45, 2.75) is 6.04 Å². The minimum absolute atomic E-state index is 0.0696. The van der Waals surface area contributed by atoms with Gasteiger partial charge in [0, 0.05) is 12.4 Å². The number of hydrogen-bond acceptors (Lipinski definition) is 5. The molecule has 0 spiro atoms. The van der Waals surface area contributed by atoms with Crippen LogP contribution in [-0.2, 0) is 0 Å². The third kappa shape index (κ3) is 3.12. The van der Waals surface area contributed by atoms with Gasteiger partial charge in [-0.1, -0.05) is 17.7 Å². The van der Waals surface area contributed by atoms with Gasteiger partial charge in [-0.2, -0.15) is 0 Å². The van der Waals surface area contributed by atoms with E-state index in [9.17, 15) is 5.11 Å². The monoisotopic (exact) mass is 250 g/mol. The maximum atomic E-state index is 9.34. The number of rotatable bonds is 4. The van der Waals surface area contributed by atoms with Crippen LogP contribution in [0.5, 0.6) is 0 Å². The van der Waals surface area contributed by atoms with Gasteiger partial charge in [0.15, 0.2) is 0 Å². The molecule has 0 bridgehead atoms. The Morgan fingerprint density at radius 3 is 2.82 bits per heavy atom. The fraction of sp³-hybridized carbons (Fsp3) is 0.182. The van der Waals surface area contributed by atoms with Crippen LogP contribution in [0.3, 0.4) is 0 Å². The lowest BCUT2D eigenvalue weighted by atomic mass is 10.1. The van der Waals surface area contributed by atoms with Gasteiger partial charge in [-0.05, 0) is 11.6 Å². The number of aliphatic hydroxyl groups excluding tert-OH is 1. The fourth-order valence-electron chi connectivity index (χ4n) is 1.41. The maximum absolute atomic E-state index is 9.34. The van der Waals surface area contributed by atoms with Crippen molar-refractivity contribution in [3.8, 4) is 0 Å². The van der Waals surface area contributed by atoms with E-state index in [1.807, 2.05) is 12.1 Å². The topological polar surface area (TPSA) is 70.9 Å². The summed E-state index contributed by atoms with van der Waals surface area (Å²) in [6.45, 7) is -0.0696. The van der Waals surface area contributed by atoms with Gasteiger partial charge in [-0.15, -0.1) is 0 Å². The molecule has 0 aliphatic carbocycles. The van der Waals surface area contributed by atoms with Crippen LogP contribution in [0.2, 0.25) is 5.15 Å². The van der Waals surface area contributed by atoms with Crippen molar-refractivity contribution >= 4 is 17.4 Å². The standard InChI is InChI=1S/C11H11ClN4O/c12-10-5-14-6-11(16-10)15-9(7-17)8-2-1-3-13-4-8/h1-6,9,17H,7H2,(H,15,16). The Kier molecular flexibility index (Phi) is 3.85. The van der Waals surface area contributed by atoms with Crippen molar-refractivity contribution in [3.05, 3.63) is 47.6 Å². The fourth-order valence-corrected chi connectivity index (χ4v) is 1.55. The molecule has 0 amide bonds. The number of nitrogens with zero attached hydrogens (tertiary/aromatic N) is 3. The summed E-state index contributed by atoms with van der Waals surface area (Å²) in [7, 11) is 0. The summed E-state index contributed by atoms with van der Waals surface area (Å²) in [6, 6.07) is 3.40. The molecule has 0 aromatic carbocycles. The number of aliphatic hydroxyl groups is 1. The average molecular weight is 251 g/mol. The summed E-state index contributed by atoms with van der Waals surface area (Å²) in [6.07, 6.45) is 6.36. The van der Waals surface area contributed by atoms with E-state index in [0.717, 1.165) is 5.56 Å². The summed E-state index contributed by atoms with van der Waals surface area (Å²) in [5.74, 6) is 0.514. The highest BCUT2D eigenvalue weighted by atomic mass is 35.5. The molecule has 0 radical (unpaired) electrons. The largest absolute Gasteiger partial charge is 0.394 e. The SMILES string of the molecule is OCC(Nc1cncc(Cl)n1)c1cccnc1. The van der Waals surface area contributed by atoms with Gasteiger partial charge in [0.1, 0.15) is 11.0 Å². The van der Waals surface area contributed by atoms with Crippen LogP contribution in [0.25, 0.3) is 0 Å². The normalized spacial score (nSPS) is 12.1. The maximum Gasteiger partial charge on any atom is 0.149 e. The third-order valence-corrected chi connectivity index (χ3v) is 2.38. The van der Waals surface area contributed by atoms with Crippen LogP contribution >= 0.6 is 11.6 Å². The van der Waals surface area contributed by atoms with E-state index in [-0.39, 0.29) is 12.6 Å². The Morgan fingerprint density at radius 1 is 1.29 bits per heavy atom. The predicted molar refractivity (Wildman–Crippen MR) is 64.7 cm³/mol. The molecule has 1 unspecified atom stereocenters. The number of nitrogens with one attached hydrogen (secondary N) is 1. The first kappa shape index (κ1) is 11.8. The van der Waals surface area contributed by atoms with Crippen LogP contribution in [0.15, 0.2) is 36.9 Å². The van der Waals surface area contributed by atoms with E-state index in [1.165, 1.54) is 6.20 Å². The lowest BCUT2D eigenvalue weighted by Gasteiger charge is -2.16. The zero-order chi connectivity index (χ0) is 12.1. The van der Waals surface area contributed by atoms with E-state index in [0.29, 0.717) is 11.0 Å². The molecule has 88 valence electrons. The first-order valence-electron chi connectivity index (χ1n) is 5.04. The Morgan fingerprint density at radius 2 is 2.18 bits per heavy atom. The second kappa shape index (κ2) is 5.56. The molecule has 0 saturated carbocycles. The quantitative estimate of drug-likeness (QED) is 0.864. The molecule has 1 atom stereocenters. The lowest BCUT2D eigenvalue weighted by molar-refractivity contribution is 0.276. The van der Waals surface area contributed by atoms with Gasteiger partial charge in [-0.3, -0.25) is 9.97 Å². The third-order valence-electron chi connectivity index (χ3n) is 2.20. The molecular weight excluding hydrogens is 240 g/mol. The van der Waals surface area contributed by atoms with Crippen LogP contribution in [0.4, 0.5) is 5.82 Å². The summed E-state index contributed by atoms with van der Waals surface area (Å²) < 4.78 is 0. The lowest BCUT2D eigenvalue weighted by Crippen LogP contribution is -2.15. The van der Waals surface area contributed by atoms with E-state index in [1.54, 1.807) is 18.6 Å². The van der Waals surface area contributed by atoms with Crippen LogP contribution in [0.1, 0.15) is 11.6 Å². The molecule has 0 aliphatic rings. The number of aromatic nitrogens is 3. The second-order valence-electron chi connectivity index (χ2n) is 3.39. The van der Waals surface area contributed by atoms with E-state index >= 15 is 0 Å². The zero-order valence-electron chi connectivity index (χ0n) is 8.92. The molecule has 2 aromatic rings. The first-order valence-corrected chi connectivity index (χ1v) is 5.42. The van der Waals surface area contributed by atoms with E-state index in [2.05, 4.69) is 20.3 Å². The predicted octanol–water partition coefficient (Wildman–Crippen LogP) is 1.67. The van der Waals surface area contributed by atoms with Crippen molar-refractivity contribution in [1.82, 2.24) is 15.0 Å². The molecule has 2 aromatic heterocycles. The van der Waals surface area contributed by atoms with Gasteiger partial charge in [0.25, 0.3) is 0 Å². The van der Waals surface area contributed by atoms with Crippen molar-refractivity contribution in [2.24, 2.45) is 0 Å².